The molecule has 1 amide bonds. The topological polar surface area (TPSA) is 23.6 Å². The average Bonchev–Trinajstić information content (AvgIpc) is 2.67. The molecule has 1 heterocycles. The van der Waals surface area contributed by atoms with E-state index in [1.54, 1.807) is 0 Å². The smallest absolute Gasteiger partial charge is 0.228 e. The summed E-state index contributed by atoms with van der Waals surface area (Å²) in [6, 6.07) is 9.26. The van der Waals surface area contributed by atoms with Gasteiger partial charge in [-0.15, -0.1) is 12.4 Å². The second-order valence-electron chi connectivity index (χ2n) is 10.1. The van der Waals surface area contributed by atoms with Gasteiger partial charge in [-0.3, -0.25) is 4.79 Å². The molecule has 2 unspecified atom stereocenters. The molecule has 5 aliphatic rings. The van der Waals surface area contributed by atoms with Gasteiger partial charge in [0, 0.05) is 26.2 Å². The maximum atomic E-state index is 13.8. The van der Waals surface area contributed by atoms with Gasteiger partial charge < -0.3 is 9.80 Å². The van der Waals surface area contributed by atoms with Crippen molar-refractivity contribution in [2.75, 3.05) is 32.7 Å². The largest absolute Gasteiger partial charge is 0.340 e. The third-order valence-corrected chi connectivity index (χ3v) is 8.29. The second-order valence-corrected chi connectivity index (χ2v) is 10.1. The normalized spacial score (nSPS) is 37.0. The van der Waals surface area contributed by atoms with Crippen molar-refractivity contribution < 1.29 is 4.79 Å². The highest BCUT2D eigenvalue weighted by Gasteiger charge is 2.61. The SMILES string of the molecule is CCN1CCN(C(=O)C23CC4CC(C2)CC(c2ccc(C)cc2)(C4)C3)CC1.Cl. The lowest BCUT2D eigenvalue weighted by atomic mass is 9.42. The Hall–Kier alpha value is -1.06. The number of halogens is 1. The van der Waals surface area contributed by atoms with Crippen LogP contribution in [0.5, 0.6) is 0 Å². The highest BCUT2D eigenvalue weighted by Crippen LogP contribution is 2.66. The van der Waals surface area contributed by atoms with E-state index in [-0.39, 0.29) is 23.2 Å². The lowest BCUT2D eigenvalue weighted by Gasteiger charge is -2.62. The summed E-state index contributed by atoms with van der Waals surface area (Å²) >= 11 is 0. The number of aryl methyl sites for hydroxylation is 1. The predicted octanol–water partition coefficient (Wildman–Crippen LogP) is 4.42. The van der Waals surface area contributed by atoms with Crippen molar-refractivity contribution in [1.29, 1.82) is 0 Å². The van der Waals surface area contributed by atoms with E-state index in [0.29, 0.717) is 5.91 Å². The van der Waals surface area contributed by atoms with Crippen molar-refractivity contribution in [3.05, 3.63) is 35.4 Å². The summed E-state index contributed by atoms with van der Waals surface area (Å²) in [5.41, 5.74) is 3.04. The van der Waals surface area contributed by atoms with Gasteiger partial charge in [0.05, 0.1) is 5.41 Å². The van der Waals surface area contributed by atoms with Gasteiger partial charge in [0.15, 0.2) is 0 Å². The van der Waals surface area contributed by atoms with Crippen LogP contribution < -0.4 is 0 Å². The van der Waals surface area contributed by atoms with Crippen LogP contribution in [-0.2, 0) is 10.2 Å². The molecule has 1 saturated heterocycles. The molecule has 4 aliphatic carbocycles. The van der Waals surface area contributed by atoms with Crippen LogP contribution in [0, 0.1) is 24.2 Å². The highest BCUT2D eigenvalue weighted by atomic mass is 35.5. The van der Waals surface area contributed by atoms with Gasteiger partial charge >= 0.3 is 0 Å². The molecule has 4 saturated carbocycles. The number of carbonyl (C=O) groups is 1. The van der Waals surface area contributed by atoms with E-state index in [1.807, 2.05) is 0 Å². The standard InChI is InChI=1S/C24H34N2O.ClH/c1-3-25-8-10-26(11-9-25)22(27)24-15-19-12-20(16-24)14-23(13-19,17-24)21-6-4-18(2)5-7-21;/h4-7,19-20H,3,8-17H2,1-2H3;1H. The fourth-order valence-corrected chi connectivity index (χ4v) is 7.36. The maximum absolute atomic E-state index is 13.8. The Labute approximate surface area is 176 Å². The van der Waals surface area contributed by atoms with Gasteiger partial charge in [-0.25, -0.2) is 0 Å². The Bertz CT molecular complexity index is 709. The first kappa shape index (κ1) is 20.2. The first-order chi connectivity index (χ1) is 13.0. The summed E-state index contributed by atoms with van der Waals surface area (Å²) in [4.78, 5) is 18.5. The molecule has 4 bridgehead atoms. The Kier molecular flexibility index (Phi) is 5.29. The van der Waals surface area contributed by atoms with Crippen LogP contribution in [0.2, 0.25) is 0 Å². The van der Waals surface area contributed by atoms with Crippen LogP contribution in [0.1, 0.15) is 56.6 Å². The van der Waals surface area contributed by atoms with E-state index in [2.05, 4.69) is 47.9 Å². The molecule has 1 aromatic carbocycles. The van der Waals surface area contributed by atoms with Crippen LogP contribution in [0.15, 0.2) is 24.3 Å². The van der Waals surface area contributed by atoms with Gasteiger partial charge in [0.1, 0.15) is 0 Å². The van der Waals surface area contributed by atoms with Crippen LogP contribution in [0.3, 0.4) is 0 Å². The summed E-state index contributed by atoms with van der Waals surface area (Å²) in [5.74, 6) is 2.02. The van der Waals surface area contributed by atoms with E-state index in [1.165, 1.54) is 30.4 Å². The summed E-state index contributed by atoms with van der Waals surface area (Å²) in [7, 11) is 0. The van der Waals surface area contributed by atoms with E-state index >= 15 is 0 Å². The van der Waals surface area contributed by atoms with Crippen molar-refractivity contribution >= 4 is 18.3 Å². The zero-order valence-electron chi connectivity index (χ0n) is 17.5. The molecule has 4 heteroatoms. The molecule has 2 atom stereocenters. The molecular weight excluding hydrogens is 368 g/mol. The number of benzene rings is 1. The fourth-order valence-electron chi connectivity index (χ4n) is 7.36. The molecule has 3 nitrogen and oxygen atoms in total. The number of likely N-dealkylation sites (N-methyl/N-ethyl adjacent to an activating group) is 1. The predicted molar refractivity (Wildman–Crippen MR) is 116 cm³/mol. The number of amides is 1. The summed E-state index contributed by atoms with van der Waals surface area (Å²) in [6.45, 7) is 9.46. The number of piperazine rings is 1. The average molecular weight is 403 g/mol. The van der Waals surface area contributed by atoms with Crippen molar-refractivity contribution in [2.24, 2.45) is 17.3 Å². The van der Waals surface area contributed by atoms with E-state index in [9.17, 15) is 4.79 Å². The third-order valence-electron chi connectivity index (χ3n) is 8.29. The molecule has 28 heavy (non-hydrogen) atoms. The van der Waals surface area contributed by atoms with Crippen molar-refractivity contribution in [3.8, 4) is 0 Å². The van der Waals surface area contributed by atoms with Gasteiger partial charge in [-0.05, 0) is 74.8 Å². The first-order valence-electron chi connectivity index (χ1n) is 11.1. The Morgan fingerprint density at radius 3 is 2.18 bits per heavy atom. The van der Waals surface area contributed by atoms with E-state index < -0.39 is 0 Å². The van der Waals surface area contributed by atoms with E-state index in [0.717, 1.165) is 63.8 Å². The van der Waals surface area contributed by atoms with Gasteiger partial charge in [0.2, 0.25) is 5.91 Å². The van der Waals surface area contributed by atoms with Gasteiger partial charge in [-0.1, -0.05) is 36.8 Å². The minimum atomic E-state index is -0.0661. The van der Waals surface area contributed by atoms with Crippen LogP contribution in [-0.4, -0.2) is 48.4 Å². The number of carbonyl (C=O) groups excluding carboxylic acids is 1. The summed E-state index contributed by atoms with van der Waals surface area (Å²) in [6.07, 6.45) is 7.40. The zero-order chi connectivity index (χ0) is 18.6. The minimum absolute atomic E-state index is 0. The van der Waals surface area contributed by atoms with Crippen molar-refractivity contribution in [2.45, 2.75) is 57.8 Å². The monoisotopic (exact) mass is 402 g/mol. The molecule has 0 spiro atoms. The summed E-state index contributed by atoms with van der Waals surface area (Å²) < 4.78 is 0. The molecule has 6 rings (SSSR count). The quantitative estimate of drug-likeness (QED) is 0.747. The van der Waals surface area contributed by atoms with Crippen LogP contribution in [0.4, 0.5) is 0 Å². The Morgan fingerprint density at radius 2 is 1.61 bits per heavy atom. The Morgan fingerprint density at radius 1 is 1.00 bits per heavy atom. The molecule has 0 radical (unpaired) electrons. The Balaban J connectivity index is 0.00000192. The van der Waals surface area contributed by atoms with Crippen molar-refractivity contribution in [1.82, 2.24) is 9.80 Å². The lowest BCUT2D eigenvalue weighted by molar-refractivity contribution is -0.162. The number of rotatable bonds is 3. The molecule has 0 aromatic heterocycles. The van der Waals surface area contributed by atoms with Crippen LogP contribution >= 0.6 is 12.4 Å². The van der Waals surface area contributed by atoms with Gasteiger partial charge in [-0.2, -0.15) is 0 Å². The molecule has 5 fully saturated rings. The number of nitrogens with zero attached hydrogens (tertiary/aromatic N) is 2. The second kappa shape index (κ2) is 7.32. The molecule has 1 aliphatic heterocycles. The van der Waals surface area contributed by atoms with Crippen LogP contribution in [0.25, 0.3) is 0 Å². The molecule has 154 valence electrons. The molecular formula is C24H35ClN2O. The maximum Gasteiger partial charge on any atom is 0.228 e. The first-order valence-corrected chi connectivity index (χ1v) is 11.1. The molecule has 1 aromatic rings. The molecule has 0 N–H and O–H groups in total. The van der Waals surface area contributed by atoms with E-state index in [4.69, 9.17) is 0 Å². The summed E-state index contributed by atoms with van der Waals surface area (Å²) in [5, 5.41) is 0. The zero-order valence-corrected chi connectivity index (χ0v) is 18.3. The van der Waals surface area contributed by atoms with Crippen molar-refractivity contribution in [3.63, 3.8) is 0 Å². The van der Waals surface area contributed by atoms with Gasteiger partial charge in [0.25, 0.3) is 0 Å². The minimum Gasteiger partial charge on any atom is -0.340 e. The highest BCUT2D eigenvalue weighted by molar-refractivity contribution is 5.85. The number of hydrogen-bond donors (Lipinski definition) is 0. The number of hydrogen-bond acceptors (Lipinski definition) is 2. The third kappa shape index (κ3) is 3.19. The fraction of sp³-hybridized carbons (Fsp3) is 0.708. The lowest BCUT2D eigenvalue weighted by Crippen LogP contribution is -2.61.